The molecule has 1 fully saturated rings. The maximum Gasteiger partial charge on any atom is 0.319 e. The van der Waals surface area contributed by atoms with Gasteiger partial charge in [0.05, 0.1) is 0 Å². The molecule has 2 aromatic rings. The van der Waals surface area contributed by atoms with E-state index in [1.54, 1.807) is 0 Å². The zero-order valence-electron chi connectivity index (χ0n) is 16.3. The molecule has 4 nitrogen and oxygen atoms in total. The fraction of sp³-hybridized carbons (Fsp3) is 0.435. The Hall–Kier alpha value is -2.33. The van der Waals surface area contributed by atoms with E-state index in [1.165, 1.54) is 37.9 Å². The number of hydrogen-bond donors (Lipinski definition) is 2. The van der Waals surface area contributed by atoms with Gasteiger partial charge in [-0.1, -0.05) is 42.5 Å². The first-order chi connectivity index (χ1) is 13.2. The lowest BCUT2D eigenvalue weighted by molar-refractivity contribution is 0.182. The van der Waals surface area contributed by atoms with E-state index in [1.807, 2.05) is 31.2 Å². The predicted octanol–water partition coefficient (Wildman–Crippen LogP) is 4.46. The van der Waals surface area contributed by atoms with Crippen molar-refractivity contribution in [2.75, 3.05) is 31.5 Å². The summed E-state index contributed by atoms with van der Waals surface area (Å²) in [5, 5.41) is 5.84. The molecule has 1 saturated heterocycles. The number of rotatable bonds is 7. The van der Waals surface area contributed by atoms with Crippen LogP contribution in [0.15, 0.2) is 54.6 Å². The van der Waals surface area contributed by atoms with E-state index in [0.29, 0.717) is 6.54 Å². The number of amides is 2. The molecule has 1 heterocycles. The van der Waals surface area contributed by atoms with Crippen LogP contribution in [0.3, 0.4) is 0 Å². The standard InChI is InChI=1S/C23H31N3O/c1-19-7-5-10-22(17-19)25-23(27)24-13-6-14-26-15-11-21(12-16-26)18-20-8-3-2-4-9-20/h2-5,7-10,17,21H,6,11-16,18H2,1H3,(H2,24,25,27). The molecule has 2 amide bonds. The summed E-state index contributed by atoms with van der Waals surface area (Å²) in [4.78, 5) is 14.5. The van der Waals surface area contributed by atoms with E-state index >= 15 is 0 Å². The lowest BCUT2D eigenvalue weighted by Gasteiger charge is -2.32. The topological polar surface area (TPSA) is 44.4 Å². The second-order valence-electron chi connectivity index (χ2n) is 7.58. The van der Waals surface area contributed by atoms with Crippen LogP contribution in [0, 0.1) is 12.8 Å². The molecule has 0 radical (unpaired) electrons. The molecule has 4 heteroatoms. The zero-order chi connectivity index (χ0) is 18.9. The molecule has 3 rings (SSSR count). The van der Waals surface area contributed by atoms with Crippen molar-refractivity contribution in [2.45, 2.75) is 32.6 Å². The van der Waals surface area contributed by atoms with E-state index < -0.39 is 0 Å². The number of nitrogens with zero attached hydrogens (tertiary/aromatic N) is 1. The third kappa shape index (κ3) is 6.72. The Labute approximate surface area is 163 Å². The summed E-state index contributed by atoms with van der Waals surface area (Å²) >= 11 is 0. The summed E-state index contributed by atoms with van der Waals surface area (Å²) in [6.07, 6.45) is 4.74. The second-order valence-corrected chi connectivity index (χ2v) is 7.58. The van der Waals surface area contributed by atoms with Gasteiger partial charge in [-0.3, -0.25) is 0 Å². The molecule has 1 aliphatic rings. The van der Waals surface area contributed by atoms with Gasteiger partial charge in [-0.2, -0.15) is 0 Å². The highest BCUT2D eigenvalue weighted by Crippen LogP contribution is 2.21. The molecule has 144 valence electrons. The SMILES string of the molecule is Cc1cccc(NC(=O)NCCCN2CCC(Cc3ccccc3)CC2)c1. The van der Waals surface area contributed by atoms with Crippen LogP contribution < -0.4 is 10.6 Å². The maximum atomic E-state index is 12.0. The molecule has 27 heavy (non-hydrogen) atoms. The highest BCUT2D eigenvalue weighted by atomic mass is 16.2. The molecule has 0 saturated carbocycles. The van der Waals surface area contributed by atoms with Gasteiger partial charge in [0.2, 0.25) is 0 Å². The molecular formula is C23H31N3O. The molecule has 2 N–H and O–H groups in total. The van der Waals surface area contributed by atoms with Crippen LogP contribution in [-0.4, -0.2) is 37.1 Å². The number of aryl methyl sites for hydroxylation is 1. The largest absolute Gasteiger partial charge is 0.338 e. The minimum absolute atomic E-state index is 0.123. The van der Waals surface area contributed by atoms with Crippen LogP contribution in [0.2, 0.25) is 0 Å². The number of benzene rings is 2. The Balaban J connectivity index is 1.27. The van der Waals surface area contributed by atoms with Gasteiger partial charge in [0.25, 0.3) is 0 Å². The molecule has 0 atom stereocenters. The number of carbonyl (C=O) groups excluding carboxylic acids is 1. The smallest absolute Gasteiger partial charge is 0.319 e. The third-order valence-electron chi connectivity index (χ3n) is 5.29. The second kappa shape index (κ2) is 10.1. The van der Waals surface area contributed by atoms with Gasteiger partial charge in [-0.05, 0) is 81.4 Å². The molecule has 0 aliphatic carbocycles. The number of carbonyl (C=O) groups is 1. The number of hydrogen-bond acceptors (Lipinski definition) is 2. The molecule has 0 bridgehead atoms. The molecule has 2 aromatic carbocycles. The molecule has 0 unspecified atom stereocenters. The molecule has 0 aromatic heterocycles. The Morgan fingerprint density at radius 3 is 2.59 bits per heavy atom. The monoisotopic (exact) mass is 365 g/mol. The van der Waals surface area contributed by atoms with E-state index in [4.69, 9.17) is 0 Å². The molecular weight excluding hydrogens is 334 g/mol. The number of piperidine rings is 1. The average molecular weight is 366 g/mol. The number of nitrogens with one attached hydrogen (secondary N) is 2. The van der Waals surface area contributed by atoms with Crippen LogP contribution in [0.4, 0.5) is 10.5 Å². The minimum Gasteiger partial charge on any atom is -0.338 e. The number of likely N-dealkylation sites (tertiary alicyclic amines) is 1. The summed E-state index contributed by atoms with van der Waals surface area (Å²) < 4.78 is 0. The van der Waals surface area contributed by atoms with Crippen molar-refractivity contribution in [1.29, 1.82) is 0 Å². The van der Waals surface area contributed by atoms with E-state index in [9.17, 15) is 4.79 Å². The quantitative estimate of drug-likeness (QED) is 0.712. The first-order valence-corrected chi connectivity index (χ1v) is 10.1. The highest BCUT2D eigenvalue weighted by molar-refractivity contribution is 5.89. The summed E-state index contributed by atoms with van der Waals surface area (Å²) in [6, 6.07) is 18.5. The summed E-state index contributed by atoms with van der Waals surface area (Å²) in [5.74, 6) is 0.807. The fourth-order valence-electron chi connectivity index (χ4n) is 3.76. The Kier molecular flexibility index (Phi) is 7.28. The van der Waals surface area contributed by atoms with E-state index in [2.05, 4.69) is 45.9 Å². The zero-order valence-corrected chi connectivity index (χ0v) is 16.3. The number of urea groups is 1. The Bertz CT molecular complexity index is 709. The minimum atomic E-state index is -0.123. The summed E-state index contributed by atoms with van der Waals surface area (Å²) in [7, 11) is 0. The van der Waals surface area contributed by atoms with Crippen LogP contribution in [0.1, 0.15) is 30.4 Å². The first kappa shape index (κ1) is 19.4. The predicted molar refractivity (Wildman–Crippen MR) is 112 cm³/mol. The van der Waals surface area contributed by atoms with Gasteiger partial charge in [0.15, 0.2) is 0 Å². The third-order valence-corrected chi connectivity index (χ3v) is 5.29. The molecule has 0 spiro atoms. The fourth-order valence-corrected chi connectivity index (χ4v) is 3.76. The van der Waals surface area contributed by atoms with E-state index in [-0.39, 0.29) is 6.03 Å². The van der Waals surface area contributed by atoms with Crippen LogP contribution in [-0.2, 0) is 6.42 Å². The highest BCUT2D eigenvalue weighted by Gasteiger charge is 2.19. The average Bonchev–Trinajstić information content (AvgIpc) is 2.67. The van der Waals surface area contributed by atoms with Crippen molar-refractivity contribution in [3.8, 4) is 0 Å². The van der Waals surface area contributed by atoms with Gasteiger partial charge in [-0.25, -0.2) is 4.79 Å². The number of anilines is 1. The van der Waals surface area contributed by atoms with Crippen molar-refractivity contribution >= 4 is 11.7 Å². The lowest BCUT2D eigenvalue weighted by atomic mass is 9.90. The van der Waals surface area contributed by atoms with Gasteiger partial charge >= 0.3 is 6.03 Å². The normalized spacial score (nSPS) is 15.4. The van der Waals surface area contributed by atoms with Gasteiger partial charge < -0.3 is 15.5 Å². The lowest BCUT2D eigenvalue weighted by Crippen LogP contribution is -2.37. The van der Waals surface area contributed by atoms with E-state index in [0.717, 1.165) is 30.1 Å². The van der Waals surface area contributed by atoms with Gasteiger partial charge in [0, 0.05) is 12.2 Å². The summed E-state index contributed by atoms with van der Waals surface area (Å²) in [5.41, 5.74) is 3.44. The van der Waals surface area contributed by atoms with Crippen molar-refractivity contribution in [1.82, 2.24) is 10.2 Å². The molecule has 1 aliphatic heterocycles. The van der Waals surface area contributed by atoms with Gasteiger partial charge in [-0.15, -0.1) is 0 Å². The van der Waals surface area contributed by atoms with Crippen LogP contribution in [0.5, 0.6) is 0 Å². The maximum absolute atomic E-state index is 12.0. The van der Waals surface area contributed by atoms with Crippen LogP contribution in [0.25, 0.3) is 0 Å². The Morgan fingerprint density at radius 2 is 1.85 bits per heavy atom. The van der Waals surface area contributed by atoms with Crippen molar-refractivity contribution in [3.63, 3.8) is 0 Å². The Morgan fingerprint density at radius 1 is 1.07 bits per heavy atom. The first-order valence-electron chi connectivity index (χ1n) is 10.1. The van der Waals surface area contributed by atoms with Crippen molar-refractivity contribution in [2.24, 2.45) is 5.92 Å². The van der Waals surface area contributed by atoms with Crippen molar-refractivity contribution < 1.29 is 4.79 Å². The van der Waals surface area contributed by atoms with Crippen LogP contribution >= 0.6 is 0 Å². The van der Waals surface area contributed by atoms with Gasteiger partial charge in [0.1, 0.15) is 0 Å². The van der Waals surface area contributed by atoms with Crippen molar-refractivity contribution in [3.05, 3.63) is 65.7 Å². The summed E-state index contributed by atoms with van der Waals surface area (Å²) in [6.45, 7) is 6.14.